The summed E-state index contributed by atoms with van der Waals surface area (Å²) in [4.78, 5) is 31.7. The molecular formula is C46H57N6O11PS2. The molecule has 20 heteroatoms. The first-order valence-corrected chi connectivity index (χ1v) is 24.9. The second-order valence-electron chi connectivity index (χ2n) is 16.2. The summed E-state index contributed by atoms with van der Waals surface area (Å²) in [7, 11) is -2.06. The Morgan fingerprint density at radius 2 is 1.52 bits per heavy atom. The van der Waals surface area contributed by atoms with Gasteiger partial charge in [0.2, 0.25) is 5.91 Å². The van der Waals surface area contributed by atoms with Gasteiger partial charge >= 0.3 is 5.69 Å². The Labute approximate surface area is 392 Å². The van der Waals surface area contributed by atoms with Gasteiger partial charge in [-0.1, -0.05) is 54.6 Å². The molecule has 0 saturated carbocycles. The number of hydrogen-bond acceptors (Lipinski definition) is 15. The van der Waals surface area contributed by atoms with E-state index in [2.05, 4.69) is 21.0 Å². The Kier molecular flexibility index (Phi) is 17.3. The van der Waals surface area contributed by atoms with Crippen LogP contribution in [0.4, 0.5) is 5.82 Å². The minimum Gasteiger partial charge on any atom is -0.497 e. The molecule has 2 aliphatic heterocycles. The summed E-state index contributed by atoms with van der Waals surface area (Å²) in [6.07, 6.45) is -3.07. The molecule has 0 aliphatic carbocycles. The molecule has 354 valence electrons. The van der Waals surface area contributed by atoms with E-state index in [1.807, 2.05) is 107 Å². The van der Waals surface area contributed by atoms with Crippen LogP contribution < -0.4 is 20.5 Å². The highest BCUT2D eigenvalue weighted by Crippen LogP contribution is 2.51. The van der Waals surface area contributed by atoms with Gasteiger partial charge in [-0.25, -0.2) is 17.9 Å². The number of sulfone groups is 1. The van der Waals surface area contributed by atoms with Gasteiger partial charge in [0.15, 0.2) is 22.2 Å². The molecule has 2 aliphatic rings. The van der Waals surface area contributed by atoms with Crippen LogP contribution in [0, 0.1) is 11.3 Å². The lowest BCUT2D eigenvalue weighted by atomic mass is 9.80. The van der Waals surface area contributed by atoms with E-state index >= 15 is 0 Å². The number of carbonyl (C=O) groups is 1. The second-order valence-corrected chi connectivity index (χ2v) is 20.2. The number of aromatic nitrogens is 2. The lowest BCUT2D eigenvalue weighted by Gasteiger charge is -2.39. The van der Waals surface area contributed by atoms with Gasteiger partial charge in [-0.15, -0.1) is 0 Å². The molecule has 3 heterocycles. The zero-order valence-corrected chi connectivity index (χ0v) is 40.6. The summed E-state index contributed by atoms with van der Waals surface area (Å²) in [6, 6.07) is 28.3. The Morgan fingerprint density at radius 3 is 2.03 bits per heavy atom. The zero-order chi connectivity index (χ0) is 47.6. The van der Waals surface area contributed by atoms with E-state index in [1.54, 1.807) is 19.1 Å². The topological polar surface area (TPSA) is 193 Å². The van der Waals surface area contributed by atoms with E-state index in [4.69, 9.17) is 44.9 Å². The zero-order valence-electron chi connectivity index (χ0n) is 38.1. The molecule has 0 bridgehead atoms. The molecule has 5 atom stereocenters. The first kappa shape index (κ1) is 50.4. The van der Waals surface area contributed by atoms with Gasteiger partial charge in [-0.05, 0) is 86.9 Å². The van der Waals surface area contributed by atoms with Crippen molar-refractivity contribution in [3.63, 3.8) is 0 Å². The molecule has 2 saturated heterocycles. The average Bonchev–Trinajstić information content (AvgIpc) is 3.62. The maximum Gasteiger partial charge on any atom is 0.351 e. The molecule has 66 heavy (non-hydrogen) atoms. The Bertz CT molecular complexity index is 2400. The minimum atomic E-state index is -3.28. The number of rotatable bonds is 19. The lowest BCUT2D eigenvalue weighted by molar-refractivity contribution is -0.114. The van der Waals surface area contributed by atoms with Gasteiger partial charge < -0.3 is 42.9 Å². The summed E-state index contributed by atoms with van der Waals surface area (Å²) >= 11 is 5.89. The van der Waals surface area contributed by atoms with Gasteiger partial charge in [0.25, 0.3) is 13.7 Å². The third-order valence-corrected chi connectivity index (χ3v) is 15.1. The van der Waals surface area contributed by atoms with Crippen LogP contribution in [0.5, 0.6) is 11.5 Å². The first-order valence-electron chi connectivity index (χ1n) is 21.5. The number of thiocarbonyl (C=S) groups is 1. The standard InChI is InChI=1S/C46H57N6O11PS2/c1-31(2)52(32(3)4)64(60-27-11-23-47)63-41-39(30-59-46(34-12-9-8-10-13-34,35-14-18-37(57-6)19-15-35)36-16-20-38(58-7)21-17-36)61-43(51-24-22-40(48-33(5)53)49-44(51)54)42(41)62-45(65)50-25-28-66(55,56)29-26-50/h8-10,12-22,24,31-32,39,41-43H,11,25-30H2,1-7H3,(H,48,49,53,54)/t39-,41+,42?,43-,64?/m1/s1. The van der Waals surface area contributed by atoms with Crippen molar-refractivity contribution in [3.05, 3.63) is 118 Å². The molecule has 6 rings (SSSR count). The van der Waals surface area contributed by atoms with E-state index in [0.29, 0.717) is 11.5 Å². The molecule has 2 fully saturated rings. The molecule has 3 aromatic carbocycles. The van der Waals surface area contributed by atoms with Gasteiger partial charge in [0.1, 0.15) is 35.1 Å². The molecule has 17 nitrogen and oxygen atoms in total. The first-order chi connectivity index (χ1) is 31.6. The quantitative estimate of drug-likeness (QED) is 0.0484. The van der Waals surface area contributed by atoms with Crippen LogP contribution in [0.2, 0.25) is 0 Å². The highest BCUT2D eigenvalue weighted by molar-refractivity contribution is 7.91. The number of methoxy groups -OCH3 is 2. The monoisotopic (exact) mass is 964 g/mol. The highest BCUT2D eigenvalue weighted by atomic mass is 32.2. The molecule has 1 aromatic heterocycles. The van der Waals surface area contributed by atoms with E-state index in [0.717, 1.165) is 16.7 Å². The number of carbonyl (C=O) groups excluding carboxylic acids is 1. The third-order valence-electron chi connectivity index (χ3n) is 11.0. The number of hydrogen-bond donors (Lipinski definition) is 1. The molecule has 1 N–H and O–H groups in total. The fourth-order valence-corrected chi connectivity index (χ4v) is 11.2. The molecule has 2 unspecified atom stereocenters. The fourth-order valence-electron chi connectivity index (χ4n) is 7.94. The van der Waals surface area contributed by atoms with E-state index in [9.17, 15) is 23.3 Å². The minimum absolute atomic E-state index is 0.0241. The molecule has 0 radical (unpaired) electrons. The van der Waals surface area contributed by atoms with Crippen molar-refractivity contribution < 1.29 is 45.9 Å². The van der Waals surface area contributed by atoms with Gasteiger partial charge in [0, 0.05) is 38.3 Å². The van der Waals surface area contributed by atoms with Crippen molar-refractivity contribution in [2.45, 2.75) is 83.3 Å². The van der Waals surface area contributed by atoms with Crippen LogP contribution in [0.3, 0.4) is 0 Å². The number of benzene rings is 3. The number of anilines is 1. The maximum absolute atomic E-state index is 14.0. The molecule has 4 aromatic rings. The van der Waals surface area contributed by atoms with E-state index in [1.165, 1.54) is 23.8 Å². The molecule has 0 spiro atoms. The SMILES string of the molecule is COc1ccc(C(OC[C@H]2O[C@@H](n3ccc(NC(C)=O)nc3=O)C(OC(=S)N3CCS(=O)(=O)CC3)[C@H]2OP(OCCC#N)N(C(C)C)C(C)C)(c2ccccc2)c2ccc(OC)cc2)cc1. The predicted molar refractivity (Wildman–Crippen MR) is 253 cm³/mol. The van der Waals surface area contributed by atoms with Crippen LogP contribution >= 0.6 is 20.7 Å². The normalized spacial score (nSPS) is 19.9. The van der Waals surface area contributed by atoms with Crippen molar-refractivity contribution in [1.29, 1.82) is 5.26 Å². The summed E-state index contributed by atoms with van der Waals surface area (Å²) in [6.45, 7) is 9.39. The highest BCUT2D eigenvalue weighted by Gasteiger charge is 2.53. The molecular weight excluding hydrogens is 908 g/mol. The summed E-state index contributed by atoms with van der Waals surface area (Å²) < 4.78 is 73.9. The average molecular weight is 965 g/mol. The Hall–Kier alpha value is -5.03. The van der Waals surface area contributed by atoms with Crippen LogP contribution in [-0.4, -0.2) is 121 Å². The lowest BCUT2D eigenvalue weighted by Crippen LogP contribution is -2.48. The third kappa shape index (κ3) is 11.9. The fraction of sp³-hybridized carbons (Fsp3) is 0.457. The largest absolute Gasteiger partial charge is 0.497 e. The number of ether oxygens (including phenoxy) is 5. The van der Waals surface area contributed by atoms with Crippen LogP contribution in [0.1, 0.15) is 64.0 Å². The van der Waals surface area contributed by atoms with Crippen molar-refractivity contribution in [1.82, 2.24) is 19.1 Å². The van der Waals surface area contributed by atoms with Gasteiger partial charge in [0.05, 0.1) is 51.4 Å². The van der Waals surface area contributed by atoms with Crippen LogP contribution in [-0.2, 0) is 43.5 Å². The van der Waals surface area contributed by atoms with Crippen molar-refractivity contribution >= 4 is 47.5 Å². The predicted octanol–water partition coefficient (Wildman–Crippen LogP) is 6.19. The number of nitriles is 1. The van der Waals surface area contributed by atoms with Gasteiger partial charge in [-0.3, -0.25) is 9.36 Å². The van der Waals surface area contributed by atoms with E-state index in [-0.39, 0.29) is 67.3 Å². The van der Waals surface area contributed by atoms with Crippen LogP contribution in [0.25, 0.3) is 0 Å². The Balaban J connectivity index is 1.52. The summed E-state index contributed by atoms with van der Waals surface area (Å²) in [5.41, 5.74) is 0.211. The van der Waals surface area contributed by atoms with Crippen molar-refractivity contribution in [3.8, 4) is 17.6 Å². The van der Waals surface area contributed by atoms with Gasteiger partial charge in [-0.2, -0.15) is 10.2 Å². The summed E-state index contributed by atoms with van der Waals surface area (Å²) in [5, 5.41) is 12.1. The summed E-state index contributed by atoms with van der Waals surface area (Å²) in [5.74, 6) is 0.641. The second kappa shape index (κ2) is 22.6. The molecule has 1 amide bonds. The number of nitrogens with one attached hydrogen (secondary N) is 1. The Morgan fingerprint density at radius 1 is 0.939 bits per heavy atom. The van der Waals surface area contributed by atoms with E-state index < -0.39 is 60.1 Å². The number of nitrogens with zero attached hydrogens (tertiary/aromatic N) is 5. The van der Waals surface area contributed by atoms with Crippen LogP contribution in [0.15, 0.2) is 95.9 Å². The van der Waals surface area contributed by atoms with Crippen molar-refractivity contribution in [2.75, 3.05) is 57.3 Å². The number of amides is 1. The van der Waals surface area contributed by atoms with Crippen molar-refractivity contribution in [2.24, 2.45) is 0 Å². The maximum atomic E-state index is 14.0. The smallest absolute Gasteiger partial charge is 0.351 e.